The molecule has 65 heavy (non-hydrogen) atoms. The number of hydrogen-bond donors (Lipinski definition) is 0. The highest BCUT2D eigenvalue weighted by atomic mass is 16.6. The zero-order valence-corrected chi connectivity index (χ0v) is 42.5. The van der Waals surface area contributed by atoms with E-state index >= 15 is 0 Å². The van der Waals surface area contributed by atoms with E-state index in [2.05, 4.69) is 106 Å². The Hall–Kier alpha value is -3.41. The molecule has 0 aliphatic heterocycles. The third kappa shape index (κ3) is 51.4. The van der Waals surface area contributed by atoms with Crippen LogP contribution in [-0.2, 0) is 28.6 Å². The van der Waals surface area contributed by atoms with Crippen molar-refractivity contribution in [3.05, 3.63) is 85.1 Å². The SMILES string of the molecule is CC/C=C\C/C=C\C/C=C\C/C=C\C/C=C\CCCCCCCC(=O)OCC(COC(=O)CCCCCCCCC)OC(=O)CCCCCCCCCCC/C=C\C/C=C\CCCCC. The molecule has 0 saturated heterocycles. The number of unbranched alkanes of at least 4 members (excludes halogenated alkanes) is 23. The van der Waals surface area contributed by atoms with Gasteiger partial charge < -0.3 is 14.2 Å². The minimum atomic E-state index is -0.784. The van der Waals surface area contributed by atoms with Crippen LogP contribution in [0, 0.1) is 0 Å². The third-order valence-electron chi connectivity index (χ3n) is 11.4. The summed E-state index contributed by atoms with van der Waals surface area (Å²) in [4.78, 5) is 37.9. The van der Waals surface area contributed by atoms with E-state index in [-0.39, 0.29) is 31.1 Å². The summed E-state index contributed by atoms with van der Waals surface area (Å²) in [5, 5.41) is 0. The summed E-state index contributed by atoms with van der Waals surface area (Å²) < 4.78 is 16.7. The lowest BCUT2D eigenvalue weighted by atomic mass is 10.1. The summed E-state index contributed by atoms with van der Waals surface area (Å²) >= 11 is 0. The molecule has 0 amide bonds. The van der Waals surface area contributed by atoms with Crippen molar-refractivity contribution in [2.45, 2.75) is 258 Å². The second-order valence-electron chi connectivity index (χ2n) is 17.8. The molecule has 0 aromatic heterocycles. The van der Waals surface area contributed by atoms with Crippen molar-refractivity contribution in [2.75, 3.05) is 13.2 Å². The number of allylic oxidation sites excluding steroid dienone is 14. The van der Waals surface area contributed by atoms with Gasteiger partial charge in [-0.3, -0.25) is 14.4 Å². The smallest absolute Gasteiger partial charge is 0.306 e. The molecule has 1 atom stereocenters. The average Bonchev–Trinajstić information content (AvgIpc) is 3.30. The largest absolute Gasteiger partial charge is 0.462 e. The minimum Gasteiger partial charge on any atom is -0.462 e. The fraction of sp³-hybridized carbons (Fsp3) is 0.712. The van der Waals surface area contributed by atoms with Crippen LogP contribution in [0.3, 0.4) is 0 Å². The van der Waals surface area contributed by atoms with Crippen LogP contribution in [0.25, 0.3) is 0 Å². The monoisotopic (exact) mass is 905 g/mol. The fourth-order valence-electron chi connectivity index (χ4n) is 7.32. The summed E-state index contributed by atoms with van der Waals surface area (Å²) in [6, 6.07) is 0. The number of ether oxygens (including phenoxy) is 3. The Balaban J connectivity index is 4.28. The van der Waals surface area contributed by atoms with E-state index in [4.69, 9.17) is 14.2 Å². The molecular formula is C59H100O6. The highest BCUT2D eigenvalue weighted by molar-refractivity contribution is 5.71. The summed E-state index contributed by atoms with van der Waals surface area (Å²) in [6.07, 6.45) is 68.7. The van der Waals surface area contributed by atoms with Crippen molar-refractivity contribution in [1.82, 2.24) is 0 Å². The highest BCUT2D eigenvalue weighted by Crippen LogP contribution is 2.14. The maximum absolute atomic E-state index is 12.8. The van der Waals surface area contributed by atoms with Crippen LogP contribution in [0.2, 0.25) is 0 Å². The van der Waals surface area contributed by atoms with Gasteiger partial charge in [-0.2, -0.15) is 0 Å². The molecule has 0 aromatic rings. The first kappa shape index (κ1) is 61.6. The number of hydrogen-bond acceptors (Lipinski definition) is 6. The standard InChI is InChI=1S/C59H100O6/c1-4-7-10-13-16-18-20-22-24-26-28-29-31-32-34-36-38-40-43-46-49-52-58(61)64-55-56(54-63-57(60)51-48-45-42-15-12-9-6-3)65-59(62)53-50-47-44-41-39-37-35-33-30-27-25-23-21-19-17-14-11-8-5-2/h7,10,16-19,22-25,28-29,32,34,56H,4-6,8-9,11-15,20-21,26-27,30-31,33,35-55H2,1-3H3/b10-7-,18-16-,19-17-,24-22-,25-23-,29-28-,34-32-. The van der Waals surface area contributed by atoms with Crippen molar-refractivity contribution in [3.63, 3.8) is 0 Å². The van der Waals surface area contributed by atoms with Crippen LogP contribution in [0.5, 0.6) is 0 Å². The summed E-state index contributed by atoms with van der Waals surface area (Å²) in [5.41, 5.74) is 0. The fourth-order valence-corrected chi connectivity index (χ4v) is 7.32. The lowest BCUT2D eigenvalue weighted by Gasteiger charge is -2.18. The Morgan fingerprint density at radius 1 is 0.323 bits per heavy atom. The van der Waals surface area contributed by atoms with Crippen LogP contribution < -0.4 is 0 Å². The topological polar surface area (TPSA) is 78.9 Å². The lowest BCUT2D eigenvalue weighted by molar-refractivity contribution is -0.167. The van der Waals surface area contributed by atoms with E-state index in [9.17, 15) is 14.4 Å². The zero-order valence-electron chi connectivity index (χ0n) is 42.5. The lowest BCUT2D eigenvalue weighted by Crippen LogP contribution is -2.30. The molecule has 0 radical (unpaired) electrons. The second-order valence-corrected chi connectivity index (χ2v) is 17.8. The third-order valence-corrected chi connectivity index (χ3v) is 11.4. The number of carbonyl (C=O) groups is 3. The molecule has 0 rings (SSSR count). The minimum absolute atomic E-state index is 0.0843. The van der Waals surface area contributed by atoms with Gasteiger partial charge in [0.2, 0.25) is 0 Å². The number of esters is 3. The van der Waals surface area contributed by atoms with E-state index in [0.717, 1.165) is 116 Å². The van der Waals surface area contributed by atoms with Crippen molar-refractivity contribution >= 4 is 17.9 Å². The highest BCUT2D eigenvalue weighted by Gasteiger charge is 2.19. The molecule has 0 aromatic carbocycles. The van der Waals surface area contributed by atoms with Gasteiger partial charge in [0, 0.05) is 19.3 Å². The molecule has 0 N–H and O–H groups in total. The second kappa shape index (κ2) is 53.2. The van der Waals surface area contributed by atoms with Gasteiger partial charge in [-0.05, 0) is 96.3 Å². The average molecular weight is 905 g/mol. The predicted octanol–water partition coefficient (Wildman–Crippen LogP) is 18.0. The van der Waals surface area contributed by atoms with Gasteiger partial charge in [0.15, 0.2) is 6.10 Å². The van der Waals surface area contributed by atoms with Gasteiger partial charge in [-0.15, -0.1) is 0 Å². The van der Waals surface area contributed by atoms with Gasteiger partial charge in [-0.25, -0.2) is 0 Å². The molecule has 372 valence electrons. The maximum Gasteiger partial charge on any atom is 0.306 e. The van der Waals surface area contributed by atoms with E-state index in [1.54, 1.807) is 0 Å². The van der Waals surface area contributed by atoms with Crippen molar-refractivity contribution in [1.29, 1.82) is 0 Å². The number of rotatable bonds is 48. The van der Waals surface area contributed by atoms with Gasteiger partial charge in [0.25, 0.3) is 0 Å². The molecule has 1 unspecified atom stereocenters. The first-order chi connectivity index (χ1) is 32.0. The van der Waals surface area contributed by atoms with Crippen LogP contribution in [0.1, 0.15) is 252 Å². The van der Waals surface area contributed by atoms with Gasteiger partial charge >= 0.3 is 17.9 Å². The summed E-state index contributed by atoms with van der Waals surface area (Å²) in [5.74, 6) is -0.913. The normalized spacial score (nSPS) is 12.7. The molecule has 6 nitrogen and oxygen atoms in total. The molecule has 0 aliphatic rings. The van der Waals surface area contributed by atoms with E-state index in [1.807, 2.05) is 0 Å². The van der Waals surface area contributed by atoms with E-state index < -0.39 is 6.10 Å². The summed E-state index contributed by atoms with van der Waals surface area (Å²) in [6.45, 7) is 6.44. The van der Waals surface area contributed by atoms with Crippen molar-refractivity contribution < 1.29 is 28.6 Å². The van der Waals surface area contributed by atoms with Crippen LogP contribution in [0.15, 0.2) is 85.1 Å². The molecular weight excluding hydrogens is 805 g/mol. The van der Waals surface area contributed by atoms with Crippen LogP contribution >= 0.6 is 0 Å². The predicted molar refractivity (Wildman–Crippen MR) is 279 cm³/mol. The molecule has 6 heteroatoms. The van der Waals surface area contributed by atoms with Crippen LogP contribution in [0.4, 0.5) is 0 Å². The van der Waals surface area contributed by atoms with Gasteiger partial charge in [0.1, 0.15) is 13.2 Å². The van der Waals surface area contributed by atoms with Gasteiger partial charge in [-0.1, -0.05) is 221 Å². The molecule has 0 aliphatic carbocycles. The molecule has 0 fully saturated rings. The van der Waals surface area contributed by atoms with E-state index in [1.165, 1.54) is 96.3 Å². The Kier molecular flexibility index (Phi) is 50.4. The first-order valence-electron chi connectivity index (χ1n) is 27.1. The Morgan fingerprint density at radius 3 is 0.969 bits per heavy atom. The Morgan fingerprint density at radius 2 is 0.600 bits per heavy atom. The van der Waals surface area contributed by atoms with Gasteiger partial charge in [0.05, 0.1) is 0 Å². The maximum atomic E-state index is 12.8. The number of carbonyl (C=O) groups excluding carboxylic acids is 3. The zero-order chi connectivity index (χ0) is 47.2. The van der Waals surface area contributed by atoms with Crippen LogP contribution in [-0.4, -0.2) is 37.2 Å². The Bertz CT molecular complexity index is 1270. The molecule has 0 saturated carbocycles. The molecule has 0 heterocycles. The molecule has 0 bridgehead atoms. The van der Waals surface area contributed by atoms with Crippen molar-refractivity contribution in [2.24, 2.45) is 0 Å². The quantitative estimate of drug-likeness (QED) is 0.0262. The summed E-state index contributed by atoms with van der Waals surface area (Å²) in [7, 11) is 0. The van der Waals surface area contributed by atoms with Crippen molar-refractivity contribution in [3.8, 4) is 0 Å². The van der Waals surface area contributed by atoms with E-state index in [0.29, 0.717) is 19.3 Å². The Labute approximate surface area is 401 Å². The molecule has 0 spiro atoms. The first-order valence-corrected chi connectivity index (χ1v) is 27.1.